The minimum atomic E-state index is -3.82. The maximum Gasteiger partial charge on any atom is 0.251 e. The van der Waals surface area contributed by atoms with Crippen LogP contribution in [0.3, 0.4) is 0 Å². The van der Waals surface area contributed by atoms with Crippen molar-refractivity contribution < 1.29 is 17.9 Å². The first-order valence-electron chi connectivity index (χ1n) is 10.0. The second kappa shape index (κ2) is 8.96. The number of morpholine rings is 1. The van der Waals surface area contributed by atoms with Crippen LogP contribution in [0.5, 0.6) is 0 Å². The highest BCUT2D eigenvalue weighted by Crippen LogP contribution is 2.28. The van der Waals surface area contributed by atoms with Gasteiger partial charge in [0.05, 0.1) is 24.3 Å². The van der Waals surface area contributed by atoms with Crippen LogP contribution in [0.15, 0.2) is 65.6 Å². The molecule has 1 saturated heterocycles. The third-order valence-corrected chi connectivity index (χ3v) is 7.80. The van der Waals surface area contributed by atoms with Gasteiger partial charge in [-0.05, 0) is 41.5 Å². The molecule has 0 unspecified atom stereocenters. The standard InChI is InChI=1S/C23H23ClN2O4S/c1-16(19-8-4-6-17-5-2-3-7-20(17)19)25-23(27)18-9-10-21(24)22(15-18)31(28,29)26-11-13-30-14-12-26/h2-10,15-16H,11-14H2,1H3,(H,25,27)/t16-/m1/s1. The molecular weight excluding hydrogens is 436 g/mol. The maximum atomic E-state index is 13.0. The maximum absolute atomic E-state index is 13.0. The Morgan fingerprint density at radius 2 is 1.77 bits per heavy atom. The van der Waals surface area contributed by atoms with Crippen molar-refractivity contribution in [1.82, 2.24) is 9.62 Å². The van der Waals surface area contributed by atoms with Gasteiger partial charge in [0, 0.05) is 18.7 Å². The van der Waals surface area contributed by atoms with Gasteiger partial charge in [0.1, 0.15) is 4.90 Å². The largest absolute Gasteiger partial charge is 0.379 e. The van der Waals surface area contributed by atoms with E-state index >= 15 is 0 Å². The van der Waals surface area contributed by atoms with Crippen molar-refractivity contribution >= 4 is 38.3 Å². The Morgan fingerprint density at radius 1 is 1.06 bits per heavy atom. The first-order valence-corrected chi connectivity index (χ1v) is 11.9. The summed E-state index contributed by atoms with van der Waals surface area (Å²) in [4.78, 5) is 12.9. The number of fused-ring (bicyclic) bond motifs is 1. The van der Waals surface area contributed by atoms with Gasteiger partial charge in [0.2, 0.25) is 10.0 Å². The summed E-state index contributed by atoms with van der Waals surface area (Å²) in [6.07, 6.45) is 0. The van der Waals surface area contributed by atoms with Crippen molar-refractivity contribution in [2.75, 3.05) is 26.3 Å². The predicted molar refractivity (Wildman–Crippen MR) is 121 cm³/mol. The third kappa shape index (κ3) is 4.45. The zero-order chi connectivity index (χ0) is 22.0. The van der Waals surface area contributed by atoms with Gasteiger partial charge >= 0.3 is 0 Å². The lowest BCUT2D eigenvalue weighted by atomic mass is 9.99. The Labute approximate surface area is 186 Å². The Kier molecular flexibility index (Phi) is 6.29. The van der Waals surface area contributed by atoms with Crippen molar-refractivity contribution in [1.29, 1.82) is 0 Å². The molecule has 8 heteroatoms. The zero-order valence-electron chi connectivity index (χ0n) is 17.0. The van der Waals surface area contributed by atoms with Crippen LogP contribution < -0.4 is 5.32 Å². The second-order valence-electron chi connectivity index (χ2n) is 7.43. The molecular formula is C23H23ClN2O4S. The molecule has 162 valence electrons. The first kappa shape index (κ1) is 21.8. The molecule has 0 bridgehead atoms. The van der Waals surface area contributed by atoms with E-state index in [1.807, 2.05) is 49.4 Å². The van der Waals surface area contributed by atoms with E-state index < -0.39 is 10.0 Å². The molecule has 0 spiro atoms. The molecule has 0 radical (unpaired) electrons. The fourth-order valence-corrected chi connectivity index (χ4v) is 5.66. The number of nitrogens with zero attached hydrogens (tertiary/aromatic N) is 1. The lowest BCUT2D eigenvalue weighted by Gasteiger charge is -2.26. The van der Waals surface area contributed by atoms with Gasteiger partial charge < -0.3 is 10.1 Å². The number of halogens is 1. The predicted octanol–water partition coefficient (Wildman–Crippen LogP) is 4.01. The Bertz CT molecular complexity index is 1220. The number of sulfonamides is 1. The summed E-state index contributed by atoms with van der Waals surface area (Å²) in [5, 5.41) is 5.21. The number of amides is 1. The Balaban J connectivity index is 1.60. The van der Waals surface area contributed by atoms with Crippen LogP contribution in [0.2, 0.25) is 5.02 Å². The van der Waals surface area contributed by atoms with Gasteiger partial charge in [-0.15, -0.1) is 0 Å². The van der Waals surface area contributed by atoms with Crippen LogP contribution in [-0.2, 0) is 14.8 Å². The smallest absolute Gasteiger partial charge is 0.251 e. The van der Waals surface area contributed by atoms with Gasteiger partial charge in [-0.2, -0.15) is 4.31 Å². The molecule has 1 fully saturated rings. The minimum Gasteiger partial charge on any atom is -0.379 e. The molecule has 1 heterocycles. The molecule has 4 rings (SSSR count). The van der Waals surface area contributed by atoms with E-state index in [-0.39, 0.29) is 40.5 Å². The zero-order valence-corrected chi connectivity index (χ0v) is 18.6. The summed E-state index contributed by atoms with van der Waals surface area (Å²) >= 11 is 6.20. The number of ether oxygens (including phenoxy) is 1. The molecule has 3 aromatic rings. The highest BCUT2D eigenvalue weighted by molar-refractivity contribution is 7.89. The van der Waals surface area contributed by atoms with Crippen LogP contribution in [-0.4, -0.2) is 44.9 Å². The molecule has 1 N–H and O–H groups in total. The monoisotopic (exact) mass is 458 g/mol. The molecule has 6 nitrogen and oxygen atoms in total. The van der Waals surface area contributed by atoms with Crippen molar-refractivity contribution in [3.8, 4) is 0 Å². The van der Waals surface area contributed by atoms with Crippen molar-refractivity contribution in [2.24, 2.45) is 0 Å². The van der Waals surface area contributed by atoms with E-state index in [9.17, 15) is 13.2 Å². The molecule has 3 aromatic carbocycles. The number of hydrogen-bond donors (Lipinski definition) is 1. The van der Waals surface area contributed by atoms with E-state index in [1.165, 1.54) is 22.5 Å². The average Bonchev–Trinajstić information content (AvgIpc) is 2.79. The number of nitrogens with one attached hydrogen (secondary N) is 1. The molecule has 1 aliphatic rings. The van der Waals surface area contributed by atoms with E-state index in [2.05, 4.69) is 5.32 Å². The summed E-state index contributed by atoms with van der Waals surface area (Å²) in [5.74, 6) is -0.365. The fourth-order valence-electron chi connectivity index (χ4n) is 3.75. The quantitative estimate of drug-likeness (QED) is 0.627. The summed E-state index contributed by atoms with van der Waals surface area (Å²) in [6.45, 7) is 3.08. The van der Waals surface area contributed by atoms with Crippen LogP contribution >= 0.6 is 11.6 Å². The molecule has 31 heavy (non-hydrogen) atoms. The normalized spacial score (nSPS) is 16.2. The third-order valence-electron chi connectivity index (χ3n) is 5.42. The molecule has 1 aliphatic heterocycles. The van der Waals surface area contributed by atoms with E-state index in [0.29, 0.717) is 13.2 Å². The van der Waals surface area contributed by atoms with Crippen LogP contribution in [0.25, 0.3) is 10.8 Å². The SMILES string of the molecule is C[C@@H](NC(=O)c1ccc(Cl)c(S(=O)(=O)N2CCOCC2)c1)c1cccc2ccccc12. The number of benzene rings is 3. The van der Waals surface area contributed by atoms with Crippen molar-refractivity contribution in [3.63, 3.8) is 0 Å². The molecule has 1 amide bonds. The number of rotatable bonds is 5. The molecule has 1 atom stereocenters. The summed E-state index contributed by atoms with van der Waals surface area (Å²) < 4.78 is 32.6. The Hall–Kier alpha value is -2.45. The summed E-state index contributed by atoms with van der Waals surface area (Å²) in [6, 6.07) is 18.0. The highest BCUT2D eigenvalue weighted by Gasteiger charge is 2.29. The van der Waals surface area contributed by atoms with Gasteiger partial charge in [0.25, 0.3) is 5.91 Å². The molecule has 0 saturated carbocycles. The lowest BCUT2D eigenvalue weighted by Crippen LogP contribution is -2.40. The van der Waals surface area contributed by atoms with Crippen LogP contribution in [0.1, 0.15) is 28.9 Å². The first-order chi connectivity index (χ1) is 14.9. The van der Waals surface area contributed by atoms with Gasteiger partial charge in [-0.1, -0.05) is 54.1 Å². The summed E-state index contributed by atoms with van der Waals surface area (Å²) in [7, 11) is -3.82. The summed E-state index contributed by atoms with van der Waals surface area (Å²) in [5.41, 5.74) is 1.23. The van der Waals surface area contributed by atoms with Crippen molar-refractivity contribution in [2.45, 2.75) is 17.9 Å². The van der Waals surface area contributed by atoms with Gasteiger partial charge in [-0.25, -0.2) is 8.42 Å². The van der Waals surface area contributed by atoms with E-state index in [1.54, 1.807) is 0 Å². The number of carbonyl (C=O) groups excluding carboxylic acids is 1. The fraction of sp³-hybridized carbons (Fsp3) is 0.261. The second-order valence-corrected chi connectivity index (χ2v) is 9.74. The molecule has 0 aromatic heterocycles. The van der Waals surface area contributed by atoms with Crippen LogP contribution in [0.4, 0.5) is 0 Å². The van der Waals surface area contributed by atoms with Crippen molar-refractivity contribution in [3.05, 3.63) is 76.8 Å². The van der Waals surface area contributed by atoms with E-state index in [4.69, 9.17) is 16.3 Å². The molecule has 0 aliphatic carbocycles. The van der Waals surface area contributed by atoms with E-state index in [0.717, 1.165) is 16.3 Å². The Morgan fingerprint density at radius 3 is 2.55 bits per heavy atom. The topological polar surface area (TPSA) is 75.7 Å². The lowest BCUT2D eigenvalue weighted by molar-refractivity contribution is 0.0730. The minimum absolute atomic E-state index is 0.0680. The average molecular weight is 459 g/mol. The number of carbonyl (C=O) groups is 1. The van der Waals surface area contributed by atoms with Gasteiger partial charge in [0.15, 0.2) is 0 Å². The van der Waals surface area contributed by atoms with Gasteiger partial charge in [-0.3, -0.25) is 4.79 Å². The van der Waals surface area contributed by atoms with Crippen LogP contribution in [0, 0.1) is 0 Å². The highest BCUT2D eigenvalue weighted by atomic mass is 35.5. The number of hydrogen-bond acceptors (Lipinski definition) is 4.